The lowest BCUT2D eigenvalue weighted by molar-refractivity contribution is 0.248. The fraction of sp³-hybridized carbons (Fsp3) is 0.462. The summed E-state index contributed by atoms with van der Waals surface area (Å²) in [7, 11) is 1.60. The molecule has 4 heteroatoms. The quantitative estimate of drug-likeness (QED) is 0.825. The van der Waals surface area contributed by atoms with Gasteiger partial charge in [-0.15, -0.1) is 0 Å². The second-order valence-electron chi connectivity index (χ2n) is 4.02. The largest absolute Gasteiger partial charge is 0.497 e. The van der Waals surface area contributed by atoms with Gasteiger partial charge in [-0.3, -0.25) is 0 Å². The standard InChI is InChI=1S/C13H20N2O2/c1-4-6-10(2)14-13(16)15-11-7-5-8-12(9-11)17-3/h5,7-10H,4,6H2,1-3H3,(H2,14,15,16)/t10-/m0/s1. The van der Waals surface area contributed by atoms with Gasteiger partial charge in [-0.25, -0.2) is 4.79 Å². The summed E-state index contributed by atoms with van der Waals surface area (Å²) in [5, 5.41) is 5.65. The van der Waals surface area contributed by atoms with Crippen LogP contribution in [0.3, 0.4) is 0 Å². The number of carbonyl (C=O) groups is 1. The third-order valence-electron chi connectivity index (χ3n) is 2.43. The molecular formula is C13H20N2O2. The number of carbonyl (C=O) groups excluding carboxylic acids is 1. The van der Waals surface area contributed by atoms with Crippen molar-refractivity contribution in [3.8, 4) is 5.75 Å². The molecule has 1 rings (SSSR count). The molecule has 17 heavy (non-hydrogen) atoms. The van der Waals surface area contributed by atoms with Gasteiger partial charge in [0.15, 0.2) is 0 Å². The number of anilines is 1. The van der Waals surface area contributed by atoms with E-state index in [2.05, 4.69) is 17.6 Å². The number of urea groups is 1. The van der Waals surface area contributed by atoms with Crippen LogP contribution in [-0.2, 0) is 0 Å². The molecule has 1 aromatic rings. The summed E-state index contributed by atoms with van der Waals surface area (Å²) in [5.41, 5.74) is 0.727. The molecule has 0 bridgehead atoms. The summed E-state index contributed by atoms with van der Waals surface area (Å²) in [6.45, 7) is 4.09. The molecule has 1 aromatic carbocycles. The van der Waals surface area contributed by atoms with E-state index in [0.717, 1.165) is 24.3 Å². The van der Waals surface area contributed by atoms with Crippen molar-refractivity contribution in [2.75, 3.05) is 12.4 Å². The first-order valence-corrected chi connectivity index (χ1v) is 5.87. The summed E-state index contributed by atoms with van der Waals surface area (Å²) >= 11 is 0. The van der Waals surface area contributed by atoms with Crippen LogP contribution in [0.2, 0.25) is 0 Å². The molecule has 0 aliphatic heterocycles. The molecule has 94 valence electrons. The second kappa shape index (κ2) is 6.78. The van der Waals surface area contributed by atoms with Gasteiger partial charge in [-0.05, 0) is 25.5 Å². The Balaban J connectivity index is 2.49. The summed E-state index contributed by atoms with van der Waals surface area (Å²) in [4.78, 5) is 11.6. The maximum atomic E-state index is 11.6. The van der Waals surface area contributed by atoms with Crippen molar-refractivity contribution in [3.05, 3.63) is 24.3 Å². The number of nitrogens with one attached hydrogen (secondary N) is 2. The highest BCUT2D eigenvalue weighted by Crippen LogP contribution is 2.16. The smallest absolute Gasteiger partial charge is 0.319 e. The van der Waals surface area contributed by atoms with Crippen molar-refractivity contribution >= 4 is 11.7 Å². The third-order valence-corrected chi connectivity index (χ3v) is 2.43. The van der Waals surface area contributed by atoms with Gasteiger partial charge >= 0.3 is 6.03 Å². The fourth-order valence-corrected chi connectivity index (χ4v) is 1.60. The van der Waals surface area contributed by atoms with Crippen LogP contribution in [0.25, 0.3) is 0 Å². The predicted octanol–water partition coefficient (Wildman–Crippen LogP) is 3.01. The Kier molecular flexibility index (Phi) is 5.33. The van der Waals surface area contributed by atoms with Crippen LogP contribution in [0.5, 0.6) is 5.75 Å². The van der Waals surface area contributed by atoms with E-state index in [1.54, 1.807) is 13.2 Å². The number of amides is 2. The zero-order valence-corrected chi connectivity index (χ0v) is 10.6. The van der Waals surface area contributed by atoms with E-state index in [9.17, 15) is 4.79 Å². The average molecular weight is 236 g/mol. The van der Waals surface area contributed by atoms with E-state index in [-0.39, 0.29) is 12.1 Å². The lowest BCUT2D eigenvalue weighted by Gasteiger charge is -2.13. The highest BCUT2D eigenvalue weighted by molar-refractivity contribution is 5.89. The molecule has 1 atom stereocenters. The molecule has 4 nitrogen and oxygen atoms in total. The fourth-order valence-electron chi connectivity index (χ4n) is 1.60. The Bertz CT molecular complexity index is 366. The van der Waals surface area contributed by atoms with Crippen LogP contribution in [0.1, 0.15) is 26.7 Å². The van der Waals surface area contributed by atoms with Gasteiger partial charge in [0.05, 0.1) is 7.11 Å². The Morgan fingerprint density at radius 2 is 2.24 bits per heavy atom. The minimum absolute atomic E-state index is 0.181. The number of ether oxygens (including phenoxy) is 1. The highest BCUT2D eigenvalue weighted by Gasteiger charge is 2.06. The van der Waals surface area contributed by atoms with E-state index in [4.69, 9.17) is 4.74 Å². The van der Waals surface area contributed by atoms with Crippen molar-refractivity contribution in [1.82, 2.24) is 5.32 Å². The maximum absolute atomic E-state index is 11.6. The summed E-state index contributed by atoms with van der Waals surface area (Å²) < 4.78 is 5.08. The van der Waals surface area contributed by atoms with E-state index in [1.807, 2.05) is 25.1 Å². The first-order chi connectivity index (χ1) is 8.15. The number of hydrogen-bond donors (Lipinski definition) is 2. The van der Waals surface area contributed by atoms with Crippen molar-refractivity contribution in [2.45, 2.75) is 32.7 Å². The first-order valence-electron chi connectivity index (χ1n) is 5.87. The summed E-state index contributed by atoms with van der Waals surface area (Å²) in [6.07, 6.45) is 2.03. The van der Waals surface area contributed by atoms with E-state index >= 15 is 0 Å². The van der Waals surface area contributed by atoms with E-state index in [1.165, 1.54) is 0 Å². The molecule has 0 saturated carbocycles. The Morgan fingerprint density at radius 3 is 2.88 bits per heavy atom. The van der Waals surface area contributed by atoms with Crippen LogP contribution >= 0.6 is 0 Å². The van der Waals surface area contributed by atoms with Crippen LogP contribution in [0.15, 0.2) is 24.3 Å². The third kappa shape index (κ3) is 4.76. The number of rotatable bonds is 5. The molecule has 0 fully saturated rings. The number of methoxy groups -OCH3 is 1. The second-order valence-corrected chi connectivity index (χ2v) is 4.02. The van der Waals surface area contributed by atoms with Crippen LogP contribution < -0.4 is 15.4 Å². The van der Waals surface area contributed by atoms with Crippen molar-refractivity contribution < 1.29 is 9.53 Å². The lowest BCUT2D eigenvalue weighted by Crippen LogP contribution is -2.35. The van der Waals surface area contributed by atoms with Gasteiger partial charge in [0, 0.05) is 17.8 Å². The topological polar surface area (TPSA) is 50.4 Å². The van der Waals surface area contributed by atoms with Crippen molar-refractivity contribution in [3.63, 3.8) is 0 Å². The molecule has 0 heterocycles. The average Bonchev–Trinajstić information content (AvgIpc) is 2.29. The van der Waals surface area contributed by atoms with Gasteiger partial charge in [0.25, 0.3) is 0 Å². The Labute approximate surface area is 102 Å². The van der Waals surface area contributed by atoms with Gasteiger partial charge < -0.3 is 15.4 Å². The van der Waals surface area contributed by atoms with E-state index in [0.29, 0.717) is 0 Å². The van der Waals surface area contributed by atoms with Gasteiger partial charge in [-0.1, -0.05) is 19.4 Å². The Hall–Kier alpha value is -1.71. The SMILES string of the molecule is CCC[C@H](C)NC(=O)Nc1cccc(OC)c1. The molecular weight excluding hydrogens is 216 g/mol. The lowest BCUT2D eigenvalue weighted by atomic mass is 10.2. The molecule has 0 radical (unpaired) electrons. The van der Waals surface area contributed by atoms with E-state index < -0.39 is 0 Å². The van der Waals surface area contributed by atoms with Crippen molar-refractivity contribution in [2.24, 2.45) is 0 Å². The maximum Gasteiger partial charge on any atom is 0.319 e. The molecule has 0 unspecified atom stereocenters. The number of benzene rings is 1. The predicted molar refractivity (Wildman–Crippen MR) is 69.5 cm³/mol. The molecule has 2 N–H and O–H groups in total. The monoisotopic (exact) mass is 236 g/mol. The molecule has 0 aromatic heterocycles. The first kappa shape index (κ1) is 13.4. The van der Waals surface area contributed by atoms with Gasteiger partial charge in [-0.2, -0.15) is 0 Å². The Morgan fingerprint density at radius 1 is 1.47 bits per heavy atom. The summed E-state index contributed by atoms with van der Waals surface area (Å²) in [6, 6.07) is 7.29. The zero-order chi connectivity index (χ0) is 12.7. The molecule has 0 aliphatic carbocycles. The molecule has 0 saturated heterocycles. The van der Waals surface area contributed by atoms with Gasteiger partial charge in [0.2, 0.25) is 0 Å². The molecule has 2 amide bonds. The van der Waals surface area contributed by atoms with Crippen LogP contribution in [0, 0.1) is 0 Å². The molecule has 0 aliphatic rings. The summed E-state index contributed by atoms with van der Waals surface area (Å²) in [5.74, 6) is 0.726. The van der Waals surface area contributed by atoms with Crippen molar-refractivity contribution in [1.29, 1.82) is 0 Å². The highest BCUT2D eigenvalue weighted by atomic mass is 16.5. The van der Waals surface area contributed by atoms with Gasteiger partial charge in [0.1, 0.15) is 5.75 Å². The minimum atomic E-state index is -0.181. The van der Waals surface area contributed by atoms with Crippen LogP contribution in [0.4, 0.5) is 10.5 Å². The number of hydrogen-bond acceptors (Lipinski definition) is 2. The normalized spacial score (nSPS) is 11.7. The van der Waals surface area contributed by atoms with Crippen LogP contribution in [-0.4, -0.2) is 19.2 Å². The zero-order valence-electron chi connectivity index (χ0n) is 10.6. The minimum Gasteiger partial charge on any atom is -0.497 e. The molecule has 0 spiro atoms.